The summed E-state index contributed by atoms with van der Waals surface area (Å²) >= 11 is 0. The number of nitrogens with zero attached hydrogens (tertiary/aromatic N) is 4. The van der Waals surface area contributed by atoms with E-state index in [0.29, 0.717) is 18.2 Å². The molecule has 3 aliphatic rings. The summed E-state index contributed by atoms with van der Waals surface area (Å²) in [6.07, 6.45) is 7.19. The Morgan fingerprint density at radius 2 is 1.96 bits per heavy atom. The molecule has 5 rings (SSSR count). The highest BCUT2D eigenvalue weighted by Crippen LogP contribution is 2.41. The molecule has 2 fully saturated rings. The van der Waals surface area contributed by atoms with Crippen molar-refractivity contribution in [2.45, 2.75) is 42.5 Å². The maximum absolute atomic E-state index is 12.6. The van der Waals surface area contributed by atoms with E-state index in [1.54, 1.807) is 6.26 Å². The lowest BCUT2D eigenvalue weighted by atomic mass is 9.75. The molecule has 2 aromatic heterocycles. The zero-order valence-electron chi connectivity index (χ0n) is 15.8. The van der Waals surface area contributed by atoms with E-state index in [9.17, 15) is 8.42 Å². The number of nitrogens with one attached hydrogen (secondary N) is 1. The highest BCUT2D eigenvalue weighted by molar-refractivity contribution is 7.89. The summed E-state index contributed by atoms with van der Waals surface area (Å²) in [6.45, 7) is 4.83. The predicted molar refractivity (Wildman–Crippen MR) is 104 cm³/mol. The van der Waals surface area contributed by atoms with E-state index in [0.717, 1.165) is 64.2 Å². The lowest BCUT2D eigenvalue weighted by Gasteiger charge is -2.44. The molecule has 9 heteroatoms. The van der Waals surface area contributed by atoms with Crippen LogP contribution in [0.3, 0.4) is 0 Å². The molecule has 2 saturated heterocycles. The standard InChI is InChI=1S/C19H25N5O3S/c25-28(26)16-12-20-18(24-7-1-2-8-24)22-17(16)19(14-21-28)5-9-23(10-6-19)13-15-4-3-11-27-15/h3-4,11-12,21H,1-2,5-10,13-14H2. The zero-order chi connectivity index (χ0) is 19.2. The van der Waals surface area contributed by atoms with Gasteiger partial charge in [0.1, 0.15) is 10.7 Å². The minimum absolute atomic E-state index is 0.251. The number of aromatic nitrogens is 2. The van der Waals surface area contributed by atoms with Gasteiger partial charge in [-0.3, -0.25) is 4.90 Å². The fraction of sp³-hybridized carbons (Fsp3) is 0.579. The number of likely N-dealkylation sites (tertiary alicyclic amines) is 1. The first-order chi connectivity index (χ1) is 13.6. The summed E-state index contributed by atoms with van der Waals surface area (Å²) in [6, 6.07) is 3.90. The predicted octanol–water partition coefficient (Wildman–Crippen LogP) is 1.50. The van der Waals surface area contributed by atoms with Crippen LogP contribution in [0.1, 0.15) is 37.1 Å². The van der Waals surface area contributed by atoms with Crippen molar-refractivity contribution in [2.75, 3.05) is 37.6 Å². The van der Waals surface area contributed by atoms with Crippen LogP contribution >= 0.6 is 0 Å². The highest BCUT2D eigenvalue weighted by Gasteiger charge is 2.46. The SMILES string of the molecule is O=S1(=O)NCC2(CCN(Cc3ccco3)CC2)c2nc(N3CCCC3)ncc21. The minimum atomic E-state index is -3.53. The first kappa shape index (κ1) is 18.1. The van der Waals surface area contributed by atoms with Crippen molar-refractivity contribution in [3.05, 3.63) is 36.0 Å². The van der Waals surface area contributed by atoms with Gasteiger partial charge in [-0.1, -0.05) is 0 Å². The van der Waals surface area contributed by atoms with Crippen molar-refractivity contribution in [2.24, 2.45) is 0 Å². The molecular formula is C19H25N5O3S. The van der Waals surface area contributed by atoms with E-state index >= 15 is 0 Å². The number of sulfonamides is 1. The molecule has 8 nitrogen and oxygen atoms in total. The molecule has 28 heavy (non-hydrogen) atoms. The van der Waals surface area contributed by atoms with Gasteiger partial charge in [0.15, 0.2) is 0 Å². The average molecular weight is 404 g/mol. The maximum atomic E-state index is 12.6. The van der Waals surface area contributed by atoms with Gasteiger partial charge in [-0.2, -0.15) is 0 Å². The van der Waals surface area contributed by atoms with E-state index < -0.39 is 10.0 Å². The van der Waals surface area contributed by atoms with E-state index in [-0.39, 0.29) is 10.3 Å². The van der Waals surface area contributed by atoms with Gasteiger partial charge in [0.2, 0.25) is 16.0 Å². The molecular weight excluding hydrogens is 378 g/mol. The molecule has 5 heterocycles. The number of piperidine rings is 1. The highest BCUT2D eigenvalue weighted by atomic mass is 32.2. The van der Waals surface area contributed by atoms with E-state index in [4.69, 9.17) is 9.40 Å². The molecule has 0 bridgehead atoms. The summed E-state index contributed by atoms with van der Waals surface area (Å²) in [5.41, 5.74) is 0.443. The Morgan fingerprint density at radius 1 is 1.18 bits per heavy atom. The van der Waals surface area contributed by atoms with Crippen LogP contribution in [0, 0.1) is 0 Å². The van der Waals surface area contributed by atoms with Crippen LogP contribution < -0.4 is 9.62 Å². The zero-order valence-corrected chi connectivity index (χ0v) is 16.6. The quantitative estimate of drug-likeness (QED) is 0.830. The van der Waals surface area contributed by atoms with Crippen molar-refractivity contribution in [1.29, 1.82) is 0 Å². The summed E-state index contributed by atoms with van der Waals surface area (Å²) in [7, 11) is -3.53. The lowest BCUT2D eigenvalue weighted by molar-refractivity contribution is 0.139. The van der Waals surface area contributed by atoms with E-state index in [1.165, 1.54) is 6.20 Å². The fourth-order valence-electron chi connectivity index (χ4n) is 4.58. The Hall–Kier alpha value is -1.97. The van der Waals surface area contributed by atoms with Crippen molar-refractivity contribution in [1.82, 2.24) is 19.6 Å². The molecule has 1 spiro atoms. The van der Waals surface area contributed by atoms with Gasteiger partial charge in [0.05, 0.1) is 24.7 Å². The van der Waals surface area contributed by atoms with Crippen molar-refractivity contribution >= 4 is 16.0 Å². The third-order valence-electron chi connectivity index (χ3n) is 6.30. The Kier molecular flexibility index (Phi) is 4.41. The second kappa shape index (κ2) is 6.82. The maximum Gasteiger partial charge on any atom is 0.243 e. The third-order valence-corrected chi connectivity index (χ3v) is 7.70. The Bertz CT molecular complexity index is 946. The second-order valence-corrected chi connectivity index (χ2v) is 9.77. The number of furan rings is 1. The molecule has 1 N–H and O–H groups in total. The third kappa shape index (κ3) is 3.11. The number of anilines is 1. The lowest BCUT2D eigenvalue weighted by Crippen LogP contribution is -2.53. The van der Waals surface area contributed by atoms with Crippen LogP contribution in [0.5, 0.6) is 0 Å². The van der Waals surface area contributed by atoms with Gasteiger partial charge in [0.25, 0.3) is 0 Å². The fourth-order valence-corrected chi connectivity index (χ4v) is 5.91. The van der Waals surface area contributed by atoms with E-state index in [1.807, 2.05) is 12.1 Å². The summed E-state index contributed by atoms with van der Waals surface area (Å²) < 4.78 is 33.4. The van der Waals surface area contributed by atoms with Gasteiger partial charge < -0.3 is 9.32 Å². The van der Waals surface area contributed by atoms with Crippen LogP contribution in [0.4, 0.5) is 5.95 Å². The molecule has 0 aliphatic carbocycles. The van der Waals surface area contributed by atoms with Crippen LogP contribution in [0.25, 0.3) is 0 Å². The number of hydrogen-bond donors (Lipinski definition) is 1. The van der Waals surface area contributed by atoms with E-state index in [2.05, 4.69) is 19.5 Å². The van der Waals surface area contributed by atoms with Crippen molar-refractivity contribution in [3.63, 3.8) is 0 Å². The Balaban J connectivity index is 1.44. The molecule has 0 saturated carbocycles. The van der Waals surface area contributed by atoms with Crippen LogP contribution in [0.2, 0.25) is 0 Å². The summed E-state index contributed by atoms with van der Waals surface area (Å²) in [4.78, 5) is 14.0. The van der Waals surface area contributed by atoms with Gasteiger partial charge in [-0.15, -0.1) is 0 Å². The number of hydrogen-bond acceptors (Lipinski definition) is 7. The summed E-state index contributed by atoms with van der Waals surface area (Å²) in [5, 5.41) is 0. The average Bonchev–Trinajstić information content (AvgIpc) is 3.41. The van der Waals surface area contributed by atoms with Gasteiger partial charge in [0, 0.05) is 25.0 Å². The Morgan fingerprint density at radius 3 is 2.68 bits per heavy atom. The molecule has 150 valence electrons. The minimum Gasteiger partial charge on any atom is -0.468 e. The first-order valence-corrected chi connectivity index (χ1v) is 11.4. The normalized spacial score (nSPS) is 23.8. The molecule has 0 atom stereocenters. The number of fused-ring (bicyclic) bond motifs is 2. The van der Waals surface area contributed by atoms with Gasteiger partial charge >= 0.3 is 0 Å². The molecule has 3 aliphatic heterocycles. The topological polar surface area (TPSA) is 91.6 Å². The van der Waals surface area contributed by atoms with Crippen LogP contribution in [-0.2, 0) is 22.0 Å². The monoisotopic (exact) mass is 403 g/mol. The molecule has 2 aromatic rings. The van der Waals surface area contributed by atoms with Gasteiger partial charge in [-0.05, 0) is 50.9 Å². The van der Waals surface area contributed by atoms with Crippen molar-refractivity contribution in [3.8, 4) is 0 Å². The van der Waals surface area contributed by atoms with Gasteiger partial charge in [-0.25, -0.2) is 23.1 Å². The molecule has 0 radical (unpaired) electrons. The second-order valence-electron chi connectivity index (χ2n) is 8.04. The first-order valence-electron chi connectivity index (χ1n) is 9.93. The largest absolute Gasteiger partial charge is 0.468 e. The summed E-state index contributed by atoms with van der Waals surface area (Å²) in [5.74, 6) is 1.63. The van der Waals surface area contributed by atoms with Crippen molar-refractivity contribution < 1.29 is 12.8 Å². The molecule has 0 amide bonds. The Labute approximate surface area is 165 Å². The number of rotatable bonds is 3. The smallest absolute Gasteiger partial charge is 0.243 e. The van der Waals surface area contributed by atoms with Crippen LogP contribution in [0.15, 0.2) is 33.9 Å². The van der Waals surface area contributed by atoms with Crippen LogP contribution in [-0.4, -0.2) is 56.0 Å². The molecule has 0 unspecified atom stereocenters. The molecule has 0 aromatic carbocycles.